The minimum absolute atomic E-state index is 0.00595. The first-order valence-electron chi connectivity index (χ1n) is 8.45. The van der Waals surface area contributed by atoms with E-state index in [2.05, 4.69) is 22.1 Å². The van der Waals surface area contributed by atoms with Crippen LogP contribution < -0.4 is 16.2 Å². The SMILES string of the molecule is CC(C)C#CC1(C(F)(F)F)NC(=O)Nc2cc(Cn3cnccc3=O)ccc21. The van der Waals surface area contributed by atoms with Gasteiger partial charge in [0.05, 0.1) is 12.9 Å². The lowest BCUT2D eigenvalue weighted by Crippen LogP contribution is -2.59. The molecule has 0 aliphatic carbocycles. The molecule has 0 fully saturated rings. The first-order valence-corrected chi connectivity index (χ1v) is 8.45. The lowest BCUT2D eigenvalue weighted by molar-refractivity contribution is -0.178. The number of carbonyl (C=O) groups excluding carboxylic acids is 1. The molecular weight excluding hydrogens is 373 g/mol. The van der Waals surface area contributed by atoms with Crippen molar-refractivity contribution in [2.75, 3.05) is 5.32 Å². The van der Waals surface area contributed by atoms with Crippen molar-refractivity contribution in [1.29, 1.82) is 0 Å². The average molecular weight is 390 g/mol. The van der Waals surface area contributed by atoms with Crippen LogP contribution in [0.3, 0.4) is 0 Å². The maximum Gasteiger partial charge on any atom is 0.427 e. The van der Waals surface area contributed by atoms with E-state index in [1.807, 2.05) is 5.32 Å². The second kappa shape index (κ2) is 7.03. The summed E-state index contributed by atoms with van der Waals surface area (Å²) in [5.41, 5.74) is -2.78. The molecule has 1 aromatic carbocycles. The summed E-state index contributed by atoms with van der Waals surface area (Å²) in [6.07, 6.45) is -2.15. The standard InChI is InChI=1S/C19H17F3N4O2/c1-12(2)5-7-18(19(20,21)22)14-4-3-13(9-15(14)24-17(28)25-18)10-26-11-23-8-6-16(26)27/h3-4,6,8-9,11-12H,10H2,1-2H3,(H2,24,25,28). The molecule has 2 N–H and O–H groups in total. The molecule has 1 aromatic heterocycles. The van der Waals surface area contributed by atoms with E-state index in [1.54, 1.807) is 13.8 Å². The summed E-state index contributed by atoms with van der Waals surface area (Å²) in [6, 6.07) is 4.42. The fraction of sp³-hybridized carbons (Fsp3) is 0.316. The Labute approximate surface area is 158 Å². The first-order chi connectivity index (χ1) is 13.1. The van der Waals surface area contributed by atoms with Crippen LogP contribution in [-0.2, 0) is 12.1 Å². The topological polar surface area (TPSA) is 76.0 Å². The number of halogens is 3. The van der Waals surface area contributed by atoms with E-state index in [-0.39, 0.29) is 29.3 Å². The largest absolute Gasteiger partial charge is 0.427 e. The fourth-order valence-corrected chi connectivity index (χ4v) is 2.85. The molecule has 146 valence electrons. The van der Waals surface area contributed by atoms with Crippen molar-refractivity contribution in [3.63, 3.8) is 0 Å². The van der Waals surface area contributed by atoms with Crippen LogP contribution >= 0.6 is 0 Å². The van der Waals surface area contributed by atoms with Crippen LogP contribution in [-0.4, -0.2) is 21.8 Å². The van der Waals surface area contributed by atoms with Crippen molar-refractivity contribution in [3.05, 3.63) is 58.3 Å². The zero-order valence-corrected chi connectivity index (χ0v) is 15.1. The Morgan fingerprint density at radius 2 is 2.00 bits per heavy atom. The number of nitrogens with zero attached hydrogens (tertiary/aromatic N) is 2. The molecule has 1 atom stereocenters. The summed E-state index contributed by atoms with van der Waals surface area (Å²) < 4.78 is 43.3. The van der Waals surface area contributed by atoms with Gasteiger partial charge in [0.25, 0.3) is 5.56 Å². The highest BCUT2D eigenvalue weighted by Gasteiger charge is 2.59. The lowest BCUT2D eigenvalue weighted by Gasteiger charge is -2.37. The van der Waals surface area contributed by atoms with Gasteiger partial charge in [-0.1, -0.05) is 37.8 Å². The van der Waals surface area contributed by atoms with Gasteiger partial charge in [-0.05, 0) is 11.6 Å². The molecule has 0 saturated heterocycles. The molecule has 28 heavy (non-hydrogen) atoms. The second-order valence-corrected chi connectivity index (χ2v) is 6.68. The number of hydrogen-bond donors (Lipinski definition) is 2. The molecule has 1 aliphatic rings. The number of alkyl halides is 3. The quantitative estimate of drug-likeness (QED) is 0.775. The predicted octanol–water partition coefficient (Wildman–Crippen LogP) is 2.84. The number of rotatable bonds is 2. The van der Waals surface area contributed by atoms with Crippen LogP contribution in [0.2, 0.25) is 0 Å². The molecule has 1 aliphatic heterocycles. The maximum absolute atomic E-state index is 14.0. The van der Waals surface area contributed by atoms with Gasteiger partial charge in [-0.2, -0.15) is 13.2 Å². The third-order valence-electron chi connectivity index (χ3n) is 4.16. The molecule has 2 heterocycles. The number of amides is 2. The van der Waals surface area contributed by atoms with E-state index in [9.17, 15) is 22.8 Å². The Morgan fingerprint density at radius 3 is 2.64 bits per heavy atom. The number of benzene rings is 1. The summed E-state index contributed by atoms with van der Waals surface area (Å²) in [7, 11) is 0. The van der Waals surface area contributed by atoms with Crippen LogP contribution in [0, 0.1) is 17.8 Å². The number of fused-ring (bicyclic) bond motifs is 1. The van der Waals surface area contributed by atoms with Gasteiger partial charge >= 0.3 is 12.2 Å². The van der Waals surface area contributed by atoms with Gasteiger partial charge in [-0.3, -0.25) is 9.36 Å². The molecule has 0 radical (unpaired) electrons. The van der Waals surface area contributed by atoms with E-state index in [0.29, 0.717) is 5.56 Å². The molecular formula is C19H17F3N4O2. The summed E-state index contributed by atoms with van der Waals surface area (Å²) in [5.74, 6) is 4.43. The van der Waals surface area contributed by atoms with Gasteiger partial charge in [-0.15, -0.1) is 0 Å². The molecule has 0 saturated carbocycles. The van der Waals surface area contributed by atoms with Crippen LogP contribution in [0.1, 0.15) is 25.0 Å². The van der Waals surface area contributed by atoms with E-state index < -0.39 is 17.7 Å². The zero-order chi connectivity index (χ0) is 20.5. The summed E-state index contributed by atoms with van der Waals surface area (Å²) in [5, 5.41) is 4.34. The summed E-state index contributed by atoms with van der Waals surface area (Å²) in [6.45, 7) is 3.42. The van der Waals surface area contributed by atoms with Gasteiger partial charge in [0.1, 0.15) is 0 Å². The van der Waals surface area contributed by atoms with Crippen molar-refractivity contribution in [3.8, 4) is 11.8 Å². The van der Waals surface area contributed by atoms with Crippen molar-refractivity contribution in [1.82, 2.24) is 14.9 Å². The number of carbonyl (C=O) groups is 1. The predicted molar refractivity (Wildman–Crippen MR) is 96.5 cm³/mol. The van der Waals surface area contributed by atoms with E-state index in [0.717, 1.165) is 0 Å². The zero-order valence-electron chi connectivity index (χ0n) is 15.1. The molecule has 0 spiro atoms. The minimum Gasteiger partial charge on any atom is -0.310 e. The summed E-state index contributed by atoms with van der Waals surface area (Å²) >= 11 is 0. The highest BCUT2D eigenvalue weighted by atomic mass is 19.4. The van der Waals surface area contributed by atoms with E-state index in [4.69, 9.17) is 0 Å². The normalized spacial score (nSPS) is 18.6. The van der Waals surface area contributed by atoms with Gasteiger partial charge in [-0.25, -0.2) is 9.78 Å². The Hall–Kier alpha value is -3.28. The Morgan fingerprint density at radius 1 is 1.25 bits per heavy atom. The summed E-state index contributed by atoms with van der Waals surface area (Å²) in [4.78, 5) is 27.7. The molecule has 9 heteroatoms. The molecule has 0 bridgehead atoms. The lowest BCUT2D eigenvalue weighted by atomic mass is 9.85. The average Bonchev–Trinajstić information content (AvgIpc) is 2.60. The van der Waals surface area contributed by atoms with Crippen LogP contribution in [0.5, 0.6) is 0 Å². The molecule has 3 rings (SSSR count). The van der Waals surface area contributed by atoms with Crippen molar-refractivity contribution >= 4 is 11.7 Å². The van der Waals surface area contributed by atoms with E-state index in [1.165, 1.54) is 41.4 Å². The monoisotopic (exact) mass is 390 g/mol. The van der Waals surface area contributed by atoms with Crippen molar-refractivity contribution < 1.29 is 18.0 Å². The smallest absolute Gasteiger partial charge is 0.310 e. The molecule has 6 nitrogen and oxygen atoms in total. The number of aromatic nitrogens is 2. The number of nitrogens with one attached hydrogen (secondary N) is 2. The van der Waals surface area contributed by atoms with Crippen LogP contribution in [0.25, 0.3) is 0 Å². The third kappa shape index (κ3) is 3.58. The van der Waals surface area contributed by atoms with E-state index >= 15 is 0 Å². The highest BCUT2D eigenvalue weighted by molar-refractivity contribution is 5.95. The number of anilines is 1. The fourth-order valence-electron chi connectivity index (χ4n) is 2.85. The number of hydrogen-bond acceptors (Lipinski definition) is 3. The van der Waals surface area contributed by atoms with Gasteiger partial charge in [0, 0.05) is 29.4 Å². The van der Waals surface area contributed by atoms with Gasteiger partial charge in [0.15, 0.2) is 0 Å². The first kappa shape index (κ1) is 19.5. The maximum atomic E-state index is 14.0. The molecule has 1 unspecified atom stereocenters. The van der Waals surface area contributed by atoms with Crippen molar-refractivity contribution in [2.45, 2.75) is 32.1 Å². The Bertz CT molecular complexity index is 1030. The number of urea groups is 1. The van der Waals surface area contributed by atoms with Gasteiger partial charge in [0.2, 0.25) is 5.54 Å². The second-order valence-electron chi connectivity index (χ2n) is 6.68. The van der Waals surface area contributed by atoms with Crippen LogP contribution in [0.4, 0.5) is 23.7 Å². The van der Waals surface area contributed by atoms with Crippen LogP contribution in [0.15, 0.2) is 41.6 Å². The Balaban J connectivity index is 2.11. The highest BCUT2D eigenvalue weighted by Crippen LogP contribution is 2.44. The third-order valence-corrected chi connectivity index (χ3v) is 4.16. The van der Waals surface area contributed by atoms with Crippen molar-refractivity contribution in [2.24, 2.45) is 5.92 Å². The molecule has 2 aromatic rings. The Kier molecular flexibility index (Phi) is 4.89. The minimum atomic E-state index is -4.83. The molecule has 2 amide bonds. The van der Waals surface area contributed by atoms with Gasteiger partial charge < -0.3 is 10.6 Å².